The van der Waals surface area contributed by atoms with Gasteiger partial charge in [0, 0.05) is 19.3 Å². The third-order valence-corrected chi connectivity index (χ3v) is 6.23. The predicted octanol–water partition coefficient (Wildman–Crippen LogP) is 6.10. The smallest absolute Gasteiger partial charge is 0.151 e. The van der Waals surface area contributed by atoms with Gasteiger partial charge in [0.25, 0.3) is 0 Å². The highest BCUT2D eigenvalue weighted by Gasteiger charge is 2.38. The highest BCUT2D eigenvalue weighted by Crippen LogP contribution is 2.41. The van der Waals surface area contributed by atoms with E-state index in [-0.39, 0.29) is 0 Å². The van der Waals surface area contributed by atoms with Crippen molar-refractivity contribution in [3.05, 3.63) is 144 Å². The number of nitrogens with two attached hydrogens (primary N) is 1. The lowest BCUT2D eigenvalue weighted by molar-refractivity contribution is 0.350. The summed E-state index contributed by atoms with van der Waals surface area (Å²) < 4.78 is 0. The monoisotopic (exact) mass is 456 g/mol. The molecule has 4 aromatic rings. The molecule has 2 N–H and O–H groups in total. The first kappa shape index (κ1) is 23.5. The molecule has 0 radical (unpaired) electrons. The maximum atomic E-state index is 9.53. The summed E-state index contributed by atoms with van der Waals surface area (Å²) in [6.45, 7) is 5.13. The molecule has 0 aliphatic heterocycles. The molecule has 0 amide bonds. The van der Waals surface area contributed by atoms with E-state index in [0.29, 0.717) is 12.1 Å². The van der Waals surface area contributed by atoms with Crippen LogP contribution in [0.15, 0.2) is 126 Å². The first-order chi connectivity index (χ1) is 17.1. The Hall–Kier alpha value is -4.62. The van der Waals surface area contributed by atoms with Crippen LogP contribution in [-0.2, 0) is 12.1 Å². The summed E-state index contributed by atoms with van der Waals surface area (Å²) in [7, 11) is 2.02. The van der Waals surface area contributed by atoms with Gasteiger partial charge in [0.1, 0.15) is 0 Å². The highest BCUT2D eigenvalue weighted by atomic mass is 15.1. The Balaban J connectivity index is 1.73. The quantitative estimate of drug-likeness (QED) is 0.257. The standard InChI is InChI=1S/C31H28N4/c1-24(31(34-23-33,28-15-5-3-6-16-28)29-17-7-4-8-18-29)35(2)22-25-12-11-14-26(20-25)30-19-10-9-13-27(30)21-32/h3-20,23H,1,22H2,2H3,(H2,33,34). The number of hydrogen-bond donors (Lipinski definition) is 1. The van der Waals surface area contributed by atoms with Gasteiger partial charge in [0.15, 0.2) is 5.54 Å². The third-order valence-electron chi connectivity index (χ3n) is 6.23. The van der Waals surface area contributed by atoms with E-state index in [0.717, 1.165) is 33.5 Å². The molecule has 0 bridgehead atoms. The normalized spacial score (nSPS) is 11.2. The Morgan fingerprint density at radius 2 is 1.51 bits per heavy atom. The van der Waals surface area contributed by atoms with E-state index in [1.165, 1.54) is 6.34 Å². The van der Waals surface area contributed by atoms with Crippen LogP contribution in [0.5, 0.6) is 0 Å². The fourth-order valence-electron chi connectivity index (χ4n) is 4.51. The van der Waals surface area contributed by atoms with E-state index in [1.54, 1.807) is 0 Å². The van der Waals surface area contributed by atoms with Gasteiger partial charge in [-0.2, -0.15) is 5.26 Å². The minimum absolute atomic E-state index is 0.614. The molecule has 0 aliphatic rings. The zero-order valence-corrected chi connectivity index (χ0v) is 19.8. The van der Waals surface area contributed by atoms with E-state index < -0.39 is 5.54 Å². The summed E-state index contributed by atoms with van der Waals surface area (Å²) in [6, 6.07) is 38.4. The molecule has 4 rings (SSSR count). The molecule has 0 aromatic heterocycles. The summed E-state index contributed by atoms with van der Waals surface area (Å²) in [5.41, 5.74) is 11.5. The fourth-order valence-corrected chi connectivity index (χ4v) is 4.51. The van der Waals surface area contributed by atoms with Gasteiger partial charge < -0.3 is 10.6 Å². The molecule has 4 nitrogen and oxygen atoms in total. The molecule has 172 valence electrons. The summed E-state index contributed by atoms with van der Waals surface area (Å²) >= 11 is 0. The van der Waals surface area contributed by atoms with E-state index in [2.05, 4.69) is 53.9 Å². The molecule has 0 saturated carbocycles. The van der Waals surface area contributed by atoms with Crippen LogP contribution < -0.4 is 5.73 Å². The summed E-state index contributed by atoms with van der Waals surface area (Å²) in [5, 5.41) is 9.53. The molecule has 0 fully saturated rings. The third kappa shape index (κ3) is 4.71. The molecule has 0 aliphatic carbocycles. The van der Waals surface area contributed by atoms with Gasteiger partial charge in [0.2, 0.25) is 0 Å². The van der Waals surface area contributed by atoms with Gasteiger partial charge in [-0.1, -0.05) is 104 Å². The highest BCUT2D eigenvalue weighted by molar-refractivity contribution is 5.71. The average Bonchev–Trinajstić information content (AvgIpc) is 2.92. The molecular weight excluding hydrogens is 428 g/mol. The van der Waals surface area contributed by atoms with Crippen LogP contribution in [0.25, 0.3) is 11.1 Å². The van der Waals surface area contributed by atoms with E-state index in [1.807, 2.05) is 79.8 Å². The van der Waals surface area contributed by atoms with Crippen molar-refractivity contribution in [2.45, 2.75) is 12.1 Å². The summed E-state index contributed by atoms with van der Waals surface area (Å²) in [4.78, 5) is 6.94. The number of benzene rings is 4. The van der Waals surface area contributed by atoms with Crippen molar-refractivity contribution < 1.29 is 0 Å². The molecule has 35 heavy (non-hydrogen) atoms. The number of nitrogens with zero attached hydrogens (tertiary/aromatic N) is 3. The van der Waals surface area contributed by atoms with Crippen LogP contribution in [0.1, 0.15) is 22.3 Å². The van der Waals surface area contributed by atoms with Crippen LogP contribution in [0.3, 0.4) is 0 Å². The van der Waals surface area contributed by atoms with Crippen molar-refractivity contribution in [3.63, 3.8) is 0 Å². The van der Waals surface area contributed by atoms with Crippen molar-refractivity contribution in [3.8, 4) is 17.2 Å². The van der Waals surface area contributed by atoms with Gasteiger partial charge in [-0.05, 0) is 39.9 Å². The van der Waals surface area contributed by atoms with Gasteiger partial charge >= 0.3 is 0 Å². The number of aliphatic imine (C=N–C) groups is 1. The lowest BCUT2D eigenvalue weighted by atomic mass is 9.80. The predicted molar refractivity (Wildman–Crippen MR) is 144 cm³/mol. The Morgan fingerprint density at radius 1 is 0.914 bits per heavy atom. The zero-order valence-electron chi connectivity index (χ0n) is 19.8. The van der Waals surface area contributed by atoms with Crippen LogP contribution in [0.2, 0.25) is 0 Å². The van der Waals surface area contributed by atoms with Gasteiger partial charge in [-0.15, -0.1) is 0 Å². The molecule has 0 unspecified atom stereocenters. The van der Waals surface area contributed by atoms with Crippen LogP contribution in [0, 0.1) is 11.3 Å². The average molecular weight is 457 g/mol. The summed E-state index contributed by atoms with van der Waals surface area (Å²) in [6.07, 6.45) is 1.36. The molecule has 4 aromatic carbocycles. The van der Waals surface area contributed by atoms with Crippen LogP contribution in [0.4, 0.5) is 0 Å². The lowest BCUT2D eigenvalue weighted by Crippen LogP contribution is -2.36. The molecule has 0 atom stereocenters. The Labute approximate surface area is 207 Å². The van der Waals surface area contributed by atoms with Crippen LogP contribution in [-0.4, -0.2) is 18.3 Å². The Bertz CT molecular complexity index is 1330. The zero-order chi connectivity index (χ0) is 24.7. The fraction of sp³-hybridized carbons (Fsp3) is 0.0968. The maximum Gasteiger partial charge on any atom is 0.151 e. The van der Waals surface area contributed by atoms with E-state index >= 15 is 0 Å². The minimum atomic E-state index is -0.864. The molecule has 4 heteroatoms. The van der Waals surface area contributed by atoms with Crippen molar-refractivity contribution in [1.29, 1.82) is 5.26 Å². The lowest BCUT2D eigenvalue weighted by Gasteiger charge is -2.38. The SMILES string of the molecule is C=C(N(C)Cc1cccc(-c2ccccc2C#N)c1)C(N=CN)(c1ccccc1)c1ccccc1. The Kier molecular flexibility index (Phi) is 7.09. The van der Waals surface area contributed by atoms with E-state index in [9.17, 15) is 5.26 Å². The Morgan fingerprint density at radius 3 is 2.11 bits per heavy atom. The van der Waals surface area contributed by atoms with Crippen LogP contribution >= 0.6 is 0 Å². The first-order valence-corrected chi connectivity index (χ1v) is 11.5. The second-order valence-electron chi connectivity index (χ2n) is 8.38. The van der Waals surface area contributed by atoms with Gasteiger partial charge in [-0.25, -0.2) is 0 Å². The maximum absolute atomic E-state index is 9.53. The number of rotatable bonds is 8. The molecular formula is C31H28N4. The number of hydrogen-bond acceptors (Lipinski definition) is 3. The number of nitriles is 1. The topological polar surface area (TPSA) is 65.4 Å². The van der Waals surface area contributed by atoms with Crippen molar-refractivity contribution in [1.82, 2.24) is 4.90 Å². The van der Waals surface area contributed by atoms with Crippen molar-refractivity contribution >= 4 is 6.34 Å². The minimum Gasteiger partial charge on any atom is -0.390 e. The largest absolute Gasteiger partial charge is 0.390 e. The summed E-state index contributed by atoms with van der Waals surface area (Å²) in [5.74, 6) is 0. The van der Waals surface area contributed by atoms with Crippen molar-refractivity contribution in [2.24, 2.45) is 10.7 Å². The molecule has 0 spiro atoms. The second-order valence-corrected chi connectivity index (χ2v) is 8.38. The second kappa shape index (κ2) is 10.5. The van der Waals surface area contributed by atoms with Gasteiger partial charge in [0.05, 0.1) is 18.0 Å². The molecule has 0 saturated heterocycles. The van der Waals surface area contributed by atoms with E-state index in [4.69, 9.17) is 10.7 Å². The van der Waals surface area contributed by atoms with Gasteiger partial charge in [-0.3, -0.25) is 4.99 Å². The number of likely N-dealkylation sites (N-methyl/N-ethyl adjacent to an activating group) is 1. The molecule has 0 heterocycles. The first-order valence-electron chi connectivity index (χ1n) is 11.5. The van der Waals surface area contributed by atoms with Crippen molar-refractivity contribution in [2.75, 3.05) is 7.05 Å².